The molecule has 1 aromatic heterocycles. The summed E-state index contributed by atoms with van der Waals surface area (Å²) in [6.45, 7) is 2.04. The fraction of sp³-hybridized carbons (Fsp3) is 0.357. The van der Waals surface area contributed by atoms with Gasteiger partial charge in [-0.2, -0.15) is 0 Å². The largest absolute Gasteiger partial charge is 0.478 e. The summed E-state index contributed by atoms with van der Waals surface area (Å²) < 4.78 is 37.2. The molecule has 24 heavy (non-hydrogen) atoms. The van der Waals surface area contributed by atoms with E-state index in [1.54, 1.807) is 7.11 Å². The SMILES string of the molecule is COCCSc1nnc(NC(=O)C(C)Oc2ccc(F)cc2F)s1. The first-order valence-electron chi connectivity index (χ1n) is 6.87. The van der Waals surface area contributed by atoms with Crippen molar-refractivity contribution in [3.8, 4) is 5.75 Å². The van der Waals surface area contributed by atoms with Gasteiger partial charge in [0.15, 0.2) is 22.0 Å². The number of carbonyl (C=O) groups excluding carboxylic acids is 1. The lowest BCUT2D eigenvalue weighted by Crippen LogP contribution is -2.30. The summed E-state index contributed by atoms with van der Waals surface area (Å²) in [4.78, 5) is 12.0. The molecule has 0 fully saturated rings. The van der Waals surface area contributed by atoms with Crippen molar-refractivity contribution in [3.05, 3.63) is 29.8 Å². The second kappa shape index (κ2) is 8.90. The molecule has 0 aliphatic carbocycles. The molecule has 1 heterocycles. The van der Waals surface area contributed by atoms with Gasteiger partial charge < -0.3 is 9.47 Å². The molecule has 10 heteroatoms. The lowest BCUT2D eigenvalue weighted by Gasteiger charge is -2.13. The van der Waals surface area contributed by atoms with Crippen LogP contribution in [0.25, 0.3) is 0 Å². The summed E-state index contributed by atoms with van der Waals surface area (Å²) in [6.07, 6.45) is -0.988. The molecule has 130 valence electrons. The number of nitrogens with one attached hydrogen (secondary N) is 1. The molecule has 0 saturated carbocycles. The topological polar surface area (TPSA) is 73.3 Å². The van der Waals surface area contributed by atoms with Gasteiger partial charge >= 0.3 is 0 Å². The van der Waals surface area contributed by atoms with Gasteiger partial charge in [-0.25, -0.2) is 8.78 Å². The Labute approximate surface area is 145 Å². The fourth-order valence-corrected chi connectivity index (χ4v) is 3.28. The Hall–Kier alpha value is -1.78. The number of hydrogen-bond acceptors (Lipinski definition) is 7. The van der Waals surface area contributed by atoms with E-state index in [9.17, 15) is 13.6 Å². The predicted molar refractivity (Wildman–Crippen MR) is 87.6 cm³/mol. The van der Waals surface area contributed by atoms with Crippen LogP contribution in [0.4, 0.5) is 13.9 Å². The van der Waals surface area contributed by atoms with Crippen molar-refractivity contribution in [2.24, 2.45) is 0 Å². The van der Waals surface area contributed by atoms with E-state index in [1.807, 2.05) is 0 Å². The summed E-state index contributed by atoms with van der Waals surface area (Å²) in [6, 6.07) is 2.87. The Kier molecular flexibility index (Phi) is 6.88. The number of halogens is 2. The fourth-order valence-electron chi connectivity index (χ4n) is 1.55. The zero-order valence-corrected chi connectivity index (χ0v) is 14.5. The lowest BCUT2D eigenvalue weighted by atomic mass is 10.3. The summed E-state index contributed by atoms with van der Waals surface area (Å²) in [7, 11) is 1.61. The number of methoxy groups -OCH3 is 1. The maximum absolute atomic E-state index is 13.5. The molecule has 1 unspecified atom stereocenters. The molecule has 0 aliphatic rings. The van der Waals surface area contributed by atoms with Crippen molar-refractivity contribution in [1.82, 2.24) is 10.2 Å². The Morgan fingerprint density at radius 3 is 2.92 bits per heavy atom. The first-order chi connectivity index (χ1) is 11.5. The smallest absolute Gasteiger partial charge is 0.266 e. The van der Waals surface area contributed by atoms with Crippen LogP contribution in [0.2, 0.25) is 0 Å². The predicted octanol–water partition coefficient (Wildman–Crippen LogP) is 2.96. The maximum Gasteiger partial charge on any atom is 0.266 e. The van der Waals surface area contributed by atoms with Gasteiger partial charge in [-0.15, -0.1) is 10.2 Å². The van der Waals surface area contributed by atoms with Crippen LogP contribution in [-0.2, 0) is 9.53 Å². The number of amides is 1. The van der Waals surface area contributed by atoms with E-state index in [0.29, 0.717) is 22.1 Å². The van der Waals surface area contributed by atoms with Gasteiger partial charge in [-0.3, -0.25) is 10.1 Å². The van der Waals surface area contributed by atoms with E-state index >= 15 is 0 Å². The third-order valence-electron chi connectivity index (χ3n) is 2.72. The number of hydrogen-bond donors (Lipinski definition) is 1. The normalized spacial score (nSPS) is 12.0. The van der Waals surface area contributed by atoms with E-state index in [0.717, 1.165) is 17.9 Å². The highest BCUT2D eigenvalue weighted by molar-refractivity contribution is 8.01. The van der Waals surface area contributed by atoms with Gasteiger partial charge in [0.05, 0.1) is 6.61 Å². The van der Waals surface area contributed by atoms with Gasteiger partial charge in [0.1, 0.15) is 5.82 Å². The molecule has 2 rings (SSSR count). The second-order valence-electron chi connectivity index (χ2n) is 4.54. The Morgan fingerprint density at radius 1 is 1.42 bits per heavy atom. The number of anilines is 1. The lowest BCUT2D eigenvalue weighted by molar-refractivity contribution is -0.122. The minimum absolute atomic E-state index is 0.202. The molecule has 1 atom stereocenters. The zero-order valence-electron chi connectivity index (χ0n) is 12.9. The molecule has 6 nitrogen and oxygen atoms in total. The highest BCUT2D eigenvalue weighted by Crippen LogP contribution is 2.25. The van der Waals surface area contributed by atoms with Gasteiger partial charge in [-0.1, -0.05) is 23.1 Å². The van der Waals surface area contributed by atoms with Crippen molar-refractivity contribution in [1.29, 1.82) is 0 Å². The summed E-state index contributed by atoms with van der Waals surface area (Å²) in [5.74, 6) is -1.58. The number of carbonyl (C=O) groups is 1. The van der Waals surface area contributed by atoms with E-state index in [2.05, 4.69) is 15.5 Å². The van der Waals surface area contributed by atoms with Crippen LogP contribution in [0.5, 0.6) is 5.75 Å². The highest BCUT2D eigenvalue weighted by Gasteiger charge is 2.19. The third kappa shape index (κ3) is 5.39. The third-order valence-corrected chi connectivity index (χ3v) is 4.65. The molecule has 0 bridgehead atoms. The molecule has 1 amide bonds. The van der Waals surface area contributed by atoms with Crippen LogP contribution >= 0.6 is 23.1 Å². The van der Waals surface area contributed by atoms with Crippen molar-refractivity contribution < 1.29 is 23.0 Å². The van der Waals surface area contributed by atoms with E-state index < -0.39 is 23.6 Å². The van der Waals surface area contributed by atoms with Crippen LogP contribution in [0.1, 0.15) is 6.92 Å². The first-order valence-corrected chi connectivity index (χ1v) is 8.67. The van der Waals surface area contributed by atoms with Gasteiger partial charge in [0.2, 0.25) is 5.13 Å². The average molecular weight is 375 g/mol. The summed E-state index contributed by atoms with van der Waals surface area (Å²) in [5, 5.41) is 10.6. The number of thioether (sulfide) groups is 1. The van der Waals surface area contributed by atoms with Crippen molar-refractivity contribution in [2.45, 2.75) is 17.4 Å². The molecular formula is C14H15F2N3O3S2. The molecule has 0 radical (unpaired) electrons. The zero-order chi connectivity index (χ0) is 17.5. The van der Waals surface area contributed by atoms with Gasteiger partial charge in [0.25, 0.3) is 5.91 Å². The van der Waals surface area contributed by atoms with Crippen LogP contribution in [-0.4, -0.2) is 41.7 Å². The molecular weight excluding hydrogens is 360 g/mol. The number of aromatic nitrogens is 2. The molecule has 0 aliphatic heterocycles. The quantitative estimate of drug-likeness (QED) is 0.434. The monoisotopic (exact) mass is 375 g/mol. The van der Waals surface area contributed by atoms with Crippen LogP contribution in [0.15, 0.2) is 22.5 Å². The van der Waals surface area contributed by atoms with E-state index in [-0.39, 0.29) is 5.75 Å². The number of ether oxygens (including phenoxy) is 2. The Morgan fingerprint density at radius 2 is 2.21 bits per heavy atom. The van der Waals surface area contributed by atoms with Crippen molar-refractivity contribution >= 4 is 34.1 Å². The molecule has 2 aromatic rings. The number of nitrogens with zero attached hydrogens (tertiary/aromatic N) is 2. The molecule has 1 N–H and O–H groups in total. The standard InChI is InChI=1S/C14H15F2N3O3S2/c1-8(22-11-4-3-9(15)7-10(11)16)12(20)17-13-18-19-14(24-13)23-6-5-21-2/h3-4,7-8H,5-6H2,1-2H3,(H,17,18,20). The molecule has 1 aromatic carbocycles. The minimum Gasteiger partial charge on any atom is -0.478 e. The van der Waals surface area contributed by atoms with Crippen LogP contribution < -0.4 is 10.1 Å². The van der Waals surface area contributed by atoms with E-state index in [1.165, 1.54) is 30.0 Å². The van der Waals surface area contributed by atoms with Crippen molar-refractivity contribution in [2.75, 3.05) is 24.8 Å². The minimum atomic E-state index is -0.988. The Bertz CT molecular complexity index is 700. The van der Waals surface area contributed by atoms with Gasteiger partial charge in [0, 0.05) is 18.9 Å². The van der Waals surface area contributed by atoms with Crippen LogP contribution in [0, 0.1) is 11.6 Å². The maximum atomic E-state index is 13.5. The summed E-state index contributed by atoms with van der Waals surface area (Å²) in [5.41, 5.74) is 0. The van der Waals surface area contributed by atoms with Crippen molar-refractivity contribution in [3.63, 3.8) is 0 Å². The molecule has 0 saturated heterocycles. The van der Waals surface area contributed by atoms with E-state index in [4.69, 9.17) is 9.47 Å². The number of benzene rings is 1. The Balaban J connectivity index is 1.89. The second-order valence-corrected chi connectivity index (χ2v) is 6.86. The summed E-state index contributed by atoms with van der Waals surface area (Å²) >= 11 is 2.67. The van der Waals surface area contributed by atoms with Crippen LogP contribution in [0.3, 0.4) is 0 Å². The highest BCUT2D eigenvalue weighted by atomic mass is 32.2. The average Bonchev–Trinajstić information content (AvgIpc) is 2.97. The number of rotatable bonds is 8. The molecule has 0 spiro atoms. The van der Waals surface area contributed by atoms with Gasteiger partial charge in [-0.05, 0) is 19.1 Å². The first kappa shape index (κ1) is 18.6.